The molecule has 2 aromatic rings. The number of halogens is 1. The third kappa shape index (κ3) is 3.11. The van der Waals surface area contributed by atoms with Gasteiger partial charge in [-0.25, -0.2) is 9.37 Å². The van der Waals surface area contributed by atoms with Crippen molar-refractivity contribution in [2.24, 2.45) is 0 Å². The number of anilines is 1. The fourth-order valence-corrected chi connectivity index (χ4v) is 3.38. The van der Waals surface area contributed by atoms with Crippen molar-refractivity contribution in [1.82, 2.24) is 4.98 Å². The zero-order valence-electron chi connectivity index (χ0n) is 13.7. The van der Waals surface area contributed by atoms with E-state index in [2.05, 4.69) is 10.3 Å². The minimum atomic E-state index is -0.802. The van der Waals surface area contributed by atoms with Crippen LogP contribution in [0.25, 0.3) is 0 Å². The van der Waals surface area contributed by atoms with Crippen LogP contribution in [-0.4, -0.2) is 17.5 Å². The monoisotopic (exact) mass is 328 g/mol. The Bertz CT molecular complexity index is 710. The van der Waals surface area contributed by atoms with Crippen LogP contribution < -0.4 is 10.1 Å². The number of hydrogen-bond acceptors (Lipinski definition) is 3. The molecule has 1 heterocycles. The zero-order chi connectivity index (χ0) is 17.0. The number of carbonyl (C=O) groups is 1. The van der Waals surface area contributed by atoms with E-state index in [-0.39, 0.29) is 11.7 Å². The Morgan fingerprint density at radius 2 is 2.00 bits per heavy atom. The molecule has 1 aliphatic rings. The normalized spacial score (nSPS) is 15.9. The summed E-state index contributed by atoms with van der Waals surface area (Å²) in [5.41, 5.74) is 0.272. The van der Waals surface area contributed by atoms with Gasteiger partial charge in [0.2, 0.25) is 11.8 Å². The molecule has 0 spiro atoms. The van der Waals surface area contributed by atoms with Crippen LogP contribution in [0, 0.1) is 5.82 Å². The van der Waals surface area contributed by atoms with E-state index in [0.29, 0.717) is 36.6 Å². The van der Waals surface area contributed by atoms with Gasteiger partial charge in [0.15, 0.2) is 0 Å². The van der Waals surface area contributed by atoms with Crippen LogP contribution in [0.4, 0.5) is 10.1 Å². The van der Waals surface area contributed by atoms with Gasteiger partial charge < -0.3 is 10.1 Å². The van der Waals surface area contributed by atoms with E-state index in [1.807, 2.05) is 6.92 Å². The summed E-state index contributed by atoms with van der Waals surface area (Å²) in [6.07, 6.45) is 4.72. The molecule has 24 heavy (non-hydrogen) atoms. The number of aromatic nitrogens is 1. The number of ether oxygens (including phenoxy) is 1. The van der Waals surface area contributed by atoms with Crippen molar-refractivity contribution in [3.63, 3.8) is 0 Å². The number of rotatable bonds is 5. The van der Waals surface area contributed by atoms with Crippen LogP contribution in [0.15, 0.2) is 42.6 Å². The van der Waals surface area contributed by atoms with Crippen LogP contribution in [0.3, 0.4) is 0 Å². The Labute approximate surface area is 141 Å². The van der Waals surface area contributed by atoms with Gasteiger partial charge in [-0.15, -0.1) is 0 Å². The molecule has 1 aromatic heterocycles. The van der Waals surface area contributed by atoms with Gasteiger partial charge in [-0.3, -0.25) is 4.79 Å². The Morgan fingerprint density at radius 1 is 1.25 bits per heavy atom. The lowest BCUT2D eigenvalue weighted by atomic mass is 9.77. The molecular weight excluding hydrogens is 307 g/mol. The smallest absolute Gasteiger partial charge is 0.235 e. The van der Waals surface area contributed by atoms with Crippen molar-refractivity contribution in [1.29, 1.82) is 0 Å². The maximum Gasteiger partial charge on any atom is 0.235 e. The number of carbonyl (C=O) groups excluding carboxylic acids is 1. The van der Waals surface area contributed by atoms with E-state index in [1.54, 1.807) is 36.5 Å². The molecule has 0 saturated heterocycles. The lowest BCUT2D eigenvalue weighted by molar-refractivity contribution is -0.121. The molecule has 0 unspecified atom stereocenters. The molecule has 1 N–H and O–H groups in total. The van der Waals surface area contributed by atoms with Crippen LogP contribution in [-0.2, 0) is 10.2 Å². The van der Waals surface area contributed by atoms with Gasteiger partial charge in [0.1, 0.15) is 5.82 Å². The van der Waals surface area contributed by atoms with Gasteiger partial charge in [0.25, 0.3) is 0 Å². The highest BCUT2D eigenvalue weighted by Crippen LogP contribution is 2.43. The van der Waals surface area contributed by atoms with Gasteiger partial charge in [-0.1, -0.05) is 31.0 Å². The Hall–Kier alpha value is -2.43. The van der Waals surface area contributed by atoms with Crippen LogP contribution in [0.1, 0.15) is 38.2 Å². The SMILES string of the molecule is CCOc1ccc(NC(=O)C2(c3ccccc3F)CCCC2)cn1. The standard InChI is InChI=1S/C19H21FN2O2/c1-2-24-17-10-9-14(13-21-17)22-18(23)19(11-5-6-12-19)15-7-3-4-8-16(15)20/h3-4,7-10,13H,2,5-6,11-12H2,1H3,(H,22,23). The largest absolute Gasteiger partial charge is 0.478 e. The van der Waals surface area contributed by atoms with E-state index < -0.39 is 5.41 Å². The first-order valence-electron chi connectivity index (χ1n) is 8.31. The quantitative estimate of drug-likeness (QED) is 0.900. The summed E-state index contributed by atoms with van der Waals surface area (Å²) < 4.78 is 19.6. The molecular formula is C19H21FN2O2. The molecule has 126 valence electrons. The third-order valence-electron chi connectivity index (χ3n) is 4.57. The van der Waals surface area contributed by atoms with Crippen molar-refractivity contribution in [2.75, 3.05) is 11.9 Å². The van der Waals surface area contributed by atoms with Crippen molar-refractivity contribution in [3.05, 3.63) is 54.0 Å². The summed E-state index contributed by atoms with van der Waals surface area (Å²) in [4.78, 5) is 17.1. The molecule has 1 aromatic carbocycles. The number of benzene rings is 1. The van der Waals surface area contributed by atoms with E-state index >= 15 is 0 Å². The molecule has 0 radical (unpaired) electrons. The first-order valence-corrected chi connectivity index (χ1v) is 8.31. The highest BCUT2D eigenvalue weighted by atomic mass is 19.1. The van der Waals surface area contributed by atoms with Gasteiger partial charge in [-0.05, 0) is 31.9 Å². The third-order valence-corrected chi connectivity index (χ3v) is 4.57. The topological polar surface area (TPSA) is 51.2 Å². The molecule has 1 aliphatic carbocycles. The summed E-state index contributed by atoms with van der Waals surface area (Å²) in [6.45, 7) is 2.42. The van der Waals surface area contributed by atoms with Crippen LogP contribution in [0.2, 0.25) is 0 Å². The number of amides is 1. The molecule has 1 amide bonds. The second-order valence-corrected chi connectivity index (χ2v) is 6.04. The summed E-state index contributed by atoms with van der Waals surface area (Å²) >= 11 is 0. The zero-order valence-corrected chi connectivity index (χ0v) is 13.7. The summed E-state index contributed by atoms with van der Waals surface area (Å²) in [5, 5.41) is 2.90. The molecule has 4 nitrogen and oxygen atoms in total. The molecule has 3 rings (SSSR count). The number of hydrogen-bond donors (Lipinski definition) is 1. The summed E-state index contributed by atoms with van der Waals surface area (Å²) in [7, 11) is 0. The average molecular weight is 328 g/mol. The lowest BCUT2D eigenvalue weighted by Crippen LogP contribution is -2.38. The highest BCUT2D eigenvalue weighted by Gasteiger charge is 2.44. The number of nitrogens with one attached hydrogen (secondary N) is 1. The van der Waals surface area contributed by atoms with Gasteiger partial charge >= 0.3 is 0 Å². The molecule has 0 atom stereocenters. The molecule has 0 aliphatic heterocycles. The molecule has 5 heteroatoms. The van der Waals surface area contributed by atoms with Crippen molar-refractivity contribution in [3.8, 4) is 5.88 Å². The van der Waals surface area contributed by atoms with Crippen LogP contribution >= 0.6 is 0 Å². The van der Waals surface area contributed by atoms with Gasteiger partial charge in [0, 0.05) is 11.6 Å². The number of pyridine rings is 1. The predicted molar refractivity (Wildman–Crippen MR) is 90.6 cm³/mol. The molecule has 0 bridgehead atoms. The second kappa shape index (κ2) is 6.99. The predicted octanol–water partition coefficient (Wildman–Crippen LogP) is 4.07. The minimum absolute atomic E-state index is 0.170. The summed E-state index contributed by atoms with van der Waals surface area (Å²) in [6, 6.07) is 10.0. The molecule has 1 saturated carbocycles. The van der Waals surface area contributed by atoms with E-state index in [1.165, 1.54) is 6.07 Å². The maximum absolute atomic E-state index is 14.3. The fraction of sp³-hybridized carbons (Fsp3) is 0.368. The Morgan fingerprint density at radius 3 is 2.62 bits per heavy atom. The van der Waals surface area contributed by atoms with Crippen molar-refractivity contribution < 1.29 is 13.9 Å². The van der Waals surface area contributed by atoms with Crippen molar-refractivity contribution >= 4 is 11.6 Å². The molecule has 1 fully saturated rings. The highest BCUT2D eigenvalue weighted by molar-refractivity contribution is 5.99. The average Bonchev–Trinajstić information content (AvgIpc) is 3.08. The van der Waals surface area contributed by atoms with Crippen molar-refractivity contribution in [2.45, 2.75) is 38.0 Å². The number of nitrogens with zero attached hydrogens (tertiary/aromatic N) is 1. The van der Waals surface area contributed by atoms with Gasteiger partial charge in [-0.2, -0.15) is 0 Å². The maximum atomic E-state index is 14.3. The first-order chi connectivity index (χ1) is 11.7. The van der Waals surface area contributed by atoms with Gasteiger partial charge in [0.05, 0.1) is 23.9 Å². The van der Waals surface area contributed by atoms with Crippen LogP contribution in [0.5, 0.6) is 5.88 Å². The summed E-state index contributed by atoms with van der Waals surface area (Å²) in [5.74, 6) is 0.0237. The minimum Gasteiger partial charge on any atom is -0.478 e. The van der Waals surface area contributed by atoms with E-state index in [9.17, 15) is 9.18 Å². The first kappa shape index (κ1) is 16.4. The van der Waals surface area contributed by atoms with E-state index in [0.717, 1.165) is 12.8 Å². The fourth-order valence-electron chi connectivity index (χ4n) is 3.38. The Balaban J connectivity index is 1.84. The van der Waals surface area contributed by atoms with E-state index in [4.69, 9.17) is 4.74 Å². The lowest BCUT2D eigenvalue weighted by Gasteiger charge is -2.28. The Kier molecular flexibility index (Phi) is 4.79. The second-order valence-electron chi connectivity index (χ2n) is 6.04.